The van der Waals surface area contributed by atoms with Crippen LogP contribution in [0.2, 0.25) is 0 Å². The zero-order valence-electron chi connectivity index (χ0n) is 7.07. The molecule has 1 saturated heterocycles. The van der Waals surface area contributed by atoms with Crippen LogP contribution in [0.4, 0.5) is 0 Å². The first-order valence-corrected chi connectivity index (χ1v) is 4.13. The van der Waals surface area contributed by atoms with E-state index in [4.69, 9.17) is 0 Å². The fourth-order valence-electron chi connectivity index (χ4n) is 2.25. The molecule has 2 atom stereocenters. The Morgan fingerprint density at radius 2 is 2.20 bits per heavy atom. The lowest BCUT2D eigenvalue weighted by atomic mass is 9.77. The summed E-state index contributed by atoms with van der Waals surface area (Å²) in [5, 5.41) is 3.44. The van der Waals surface area contributed by atoms with Gasteiger partial charge in [0, 0.05) is 6.54 Å². The Morgan fingerprint density at radius 1 is 1.50 bits per heavy atom. The van der Waals surface area contributed by atoms with E-state index in [0.717, 1.165) is 5.92 Å². The van der Waals surface area contributed by atoms with Gasteiger partial charge < -0.3 is 5.32 Å². The molecule has 10 heavy (non-hydrogen) atoms. The third-order valence-electron chi connectivity index (χ3n) is 3.23. The van der Waals surface area contributed by atoms with Gasteiger partial charge in [0.25, 0.3) is 0 Å². The first-order valence-electron chi connectivity index (χ1n) is 4.13. The second-order valence-electron chi connectivity index (χ2n) is 4.69. The molecule has 1 N–H and O–H groups in total. The van der Waals surface area contributed by atoms with Crippen molar-refractivity contribution >= 4 is 0 Å². The quantitative estimate of drug-likeness (QED) is 0.534. The Kier molecular flexibility index (Phi) is 1.05. The summed E-state index contributed by atoms with van der Waals surface area (Å²) in [4.78, 5) is 0. The highest BCUT2D eigenvalue weighted by molar-refractivity contribution is 5.27. The van der Waals surface area contributed by atoms with Gasteiger partial charge in [-0.2, -0.15) is 0 Å². The Balaban J connectivity index is 2.18. The van der Waals surface area contributed by atoms with E-state index >= 15 is 0 Å². The molecule has 2 rings (SSSR count). The van der Waals surface area contributed by atoms with Crippen LogP contribution in [0.25, 0.3) is 0 Å². The van der Waals surface area contributed by atoms with Gasteiger partial charge in [0.1, 0.15) is 0 Å². The van der Waals surface area contributed by atoms with Crippen LogP contribution in [0.3, 0.4) is 0 Å². The summed E-state index contributed by atoms with van der Waals surface area (Å²) >= 11 is 0. The lowest BCUT2D eigenvalue weighted by Gasteiger charge is -2.28. The van der Waals surface area contributed by atoms with Gasteiger partial charge in [-0.25, -0.2) is 0 Å². The van der Waals surface area contributed by atoms with Crippen molar-refractivity contribution < 1.29 is 0 Å². The normalized spacial score (nSPS) is 45.3. The molecule has 1 heterocycles. The maximum atomic E-state index is 3.44. The molecule has 1 radical (unpaired) electrons. The zero-order valence-corrected chi connectivity index (χ0v) is 7.07. The summed E-state index contributed by atoms with van der Waals surface area (Å²) in [6.07, 6.45) is 2.52. The molecule has 57 valence electrons. The minimum absolute atomic E-state index is 0.473. The van der Waals surface area contributed by atoms with E-state index in [1.807, 2.05) is 0 Å². The first-order chi connectivity index (χ1) is 4.56. The van der Waals surface area contributed by atoms with Gasteiger partial charge in [0.15, 0.2) is 0 Å². The Hall–Kier alpha value is -0.0400. The van der Waals surface area contributed by atoms with Crippen molar-refractivity contribution in [1.29, 1.82) is 0 Å². The molecule has 1 aliphatic heterocycles. The monoisotopic (exact) mass is 138 g/mol. The van der Waals surface area contributed by atoms with Crippen molar-refractivity contribution in [3.8, 4) is 0 Å². The summed E-state index contributed by atoms with van der Waals surface area (Å²) in [6.45, 7) is 9.46. The van der Waals surface area contributed by atoms with Crippen LogP contribution >= 0.6 is 0 Å². The number of fused-ring (bicyclic) bond motifs is 1. The molecule has 1 heteroatoms. The molecule has 0 spiro atoms. The van der Waals surface area contributed by atoms with Crippen molar-refractivity contribution in [2.45, 2.75) is 20.8 Å². The SMILES string of the molecule is CC(C)(C)C12[CH]C1CNC2. The number of hydrogen-bond acceptors (Lipinski definition) is 1. The molecule has 0 aromatic carbocycles. The van der Waals surface area contributed by atoms with Gasteiger partial charge in [-0.05, 0) is 29.7 Å². The van der Waals surface area contributed by atoms with Crippen LogP contribution in [0.5, 0.6) is 0 Å². The average Bonchev–Trinajstić information content (AvgIpc) is 2.36. The van der Waals surface area contributed by atoms with Gasteiger partial charge in [0.05, 0.1) is 0 Å². The summed E-state index contributed by atoms with van der Waals surface area (Å²) in [5.74, 6) is 0.882. The van der Waals surface area contributed by atoms with E-state index in [1.165, 1.54) is 13.1 Å². The Morgan fingerprint density at radius 3 is 2.40 bits per heavy atom. The maximum absolute atomic E-state index is 3.44. The third kappa shape index (κ3) is 0.619. The minimum Gasteiger partial charge on any atom is -0.316 e. The summed E-state index contributed by atoms with van der Waals surface area (Å²) in [5.41, 5.74) is 1.04. The van der Waals surface area contributed by atoms with Gasteiger partial charge in [-0.1, -0.05) is 20.8 Å². The van der Waals surface area contributed by atoms with E-state index in [0.29, 0.717) is 10.8 Å². The highest BCUT2D eigenvalue weighted by atomic mass is 15.0. The standard InChI is InChI=1S/C9H16N/c1-8(2,3)9-4-7(9)5-10-6-9/h4,7,10H,5-6H2,1-3H3. The van der Waals surface area contributed by atoms with Crippen LogP contribution in [-0.2, 0) is 0 Å². The minimum atomic E-state index is 0.473. The van der Waals surface area contributed by atoms with E-state index in [2.05, 4.69) is 32.5 Å². The van der Waals surface area contributed by atoms with Crippen LogP contribution in [-0.4, -0.2) is 13.1 Å². The van der Waals surface area contributed by atoms with Gasteiger partial charge in [0.2, 0.25) is 0 Å². The van der Waals surface area contributed by atoms with Crippen LogP contribution in [0.15, 0.2) is 0 Å². The molecule has 1 aliphatic carbocycles. The van der Waals surface area contributed by atoms with Gasteiger partial charge >= 0.3 is 0 Å². The number of piperidine rings is 1. The summed E-state index contributed by atoms with van der Waals surface area (Å²) in [6, 6.07) is 0. The van der Waals surface area contributed by atoms with Crippen molar-refractivity contribution in [3.05, 3.63) is 6.42 Å². The molecular formula is C9H16N. The second kappa shape index (κ2) is 1.58. The predicted octanol–water partition coefficient (Wildman–Crippen LogP) is 1.46. The van der Waals surface area contributed by atoms with E-state index in [-0.39, 0.29) is 0 Å². The average molecular weight is 138 g/mol. The molecule has 2 unspecified atom stereocenters. The summed E-state index contributed by atoms with van der Waals surface area (Å²) in [7, 11) is 0. The molecule has 2 aliphatic rings. The van der Waals surface area contributed by atoms with Crippen molar-refractivity contribution in [3.63, 3.8) is 0 Å². The van der Waals surface area contributed by atoms with E-state index in [9.17, 15) is 0 Å². The first kappa shape index (κ1) is 6.66. The zero-order chi connectivity index (χ0) is 7.41. The summed E-state index contributed by atoms with van der Waals surface area (Å²) < 4.78 is 0. The maximum Gasteiger partial charge on any atom is 0.00191 e. The molecule has 0 aromatic heterocycles. The topological polar surface area (TPSA) is 12.0 Å². The lowest BCUT2D eigenvalue weighted by molar-refractivity contribution is 0.230. The highest BCUT2D eigenvalue weighted by Crippen LogP contribution is 2.63. The number of rotatable bonds is 0. The van der Waals surface area contributed by atoms with Gasteiger partial charge in [-0.15, -0.1) is 0 Å². The lowest BCUT2D eigenvalue weighted by Crippen LogP contribution is -2.28. The smallest absolute Gasteiger partial charge is 0.00191 e. The van der Waals surface area contributed by atoms with E-state index in [1.54, 1.807) is 0 Å². The third-order valence-corrected chi connectivity index (χ3v) is 3.23. The molecular weight excluding hydrogens is 122 g/mol. The Labute approximate surface area is 63.2 Å². The predicted molar refractivity (Wildman–Crippen MR) is 42.5 cm³/mol. The second-order valence-corrected chi connectivity index (χ2v) is 4.69. The van der Waals surface area contributed by atoms with Gasteiger partial charge in [-0.3, -0.25) is 0 Å². The Bertz CT molecular complexity index is 157. The molecule has 0 bridgehead atoms. The molecule has 0 aromatic rings. The number of hydrogen-bond donors (Lipinski definition) is 1. The van der Waals surface area contributed by atoms with E-state index < -0.39 is 0 Å². The number of nitrogens with one attached hydrogen (secondary N) is 1. The van der Waals surface area contributed by atoms with Crippen molar-refractivity contribution in [2.24, 2.45) is 16.7 Å². The van der Waals surface area contributed by atoms with Crippen LogP contribution < -0.4 is 5.32 Å². The fourth-order valence-corrected chi connectivity index (χ4v) is 2.25. The van der Waals surface area contributed by atoms with Crippen LogP contribution in [0.1, 0.15) is 20.8 Å². The largest absolute Gasteiger partial charge is 0.316 e. The molecule has 1 saturated carbocycles. The van der Waals surface area contributed by atoms with Crippen molar-refractivity contribution in [1.82, 2.24) is 5.32 Å². The highest BCUT2D eigenvalue weighted by Gasteiger charge is 2.63. The fraction of sp³-hybridized carbons (Fsp3) is 0.889. The molecule has 1 nitrogen and oxygen atoms in total. The van der Waals surface area contributed by atoms with Crippen molar-refractivity contribution in [2.75, 3.05) is 13.1 Å². The molecule has 2 fully saturated rings. The molecule has 0 amide bonds. The van der Waals surface area contributed by atoms with Crippen LogP contribution in [0, 0.1) is 23.2 Å².